The van der Waals surface area contributed by atoms with Gasteiger partial charge in [-0.15, -0.1) is 11.3 Å². The minimum absolute atomic E-state index is 0.0583. The lowest BCUT2D eigenvalue weighted by Crippen LogP contribution is -2.48. The molecule has 2 aliphatic heterocycles. The Morgan fingerprint density at radius 1 is 1.18 bits per heavy atom. The van der Waals surface area contributed by atoms with Gasteiger partial charge < -0.3 is 10.6 Å². The third kappa shape index (κ3) is 2.77. The molecule has 2 unspecified atom stereocenters. The van der Waals surface area contributed by atoms with E-state index in [0.29, 0.717) is 21.8 Å². The number of carbonyl (C=O) groups excluding carboxylic acids is 2. The molecular formula is C16H23N3O2S. The molecule has 0 saturated carbocycles. The van der Waals surface area contributed by atoms with Crippen LogP contribution in [-0.4, -0.2) is 53.3 Å². The van der Waals surface area contributed by atoms with Gasteiger partial charge in [0.1, 0.15) is 0 Å². The summed E-state index contributed by atoms with van der Waals surface area (Å²) in [7, 11) is 0. The van der Waals surface area contributed by atoms with Crippen molar-refractivity contribution in [2.24, 2.45) is 5.73 Å². The van der Waals surface area contributed by atoms with Crippen LogP contribution in [0.2, 0.25) is 0 Å². The van der Waals surface area contributed by atoms with E-state index in [-0.39, 0.29) is 5.91 Å². The van der Waals surface area contributed by atoms with E-state index in [1.165, 1.54) is 24.2 Å². The molecule has 2 aliphatic rings. The Hall–Kier alpha value is -1.40. The molecule has 0 bridgehead atoms. The fourth-order valence-corrected chi connectivity index (χ4v) is 4.67. The zero-order valence-corrected chi connectivity index (χ0v) is 13.8. The van der Waals surface area contributed by atoms with E-state index < -0.39 is 5.91 Å². The Morgan fingerprint density at radius 3 is 2.55 bits per heavy atom. The molecule has 3 heterocycles. The van der Waals surface area contributed by atoms with Gasteiger partial charge in [0.25, 0.3) is 11.8 Å². The smallest absolute Gasteiger partial charge is 0.264 e. The molecule has 22 heavy (non-hydrogen) atoms. The zero-order valence-electron chi connectivity index (χ0n) is 13.0. The quantitative estimate of drug-likeness (QED) is 0.921. The van der Waals surface area contributed by atoms with Crippen LogP contribution in [0.4, 0.5) is 0 Å². The largest absolute Gasteiger partial charge is 0.365 e. The Labute approximate surface area is 135 Å². The fourth-order valence-electron chi connectivity index (χ4n) is 3.85. The SMILES string of the molecule is CCN1CCCC1C1CCCN1C(=O)c1ccc(C(N)=O)s1. The molecule has 120 valence electrons. The van der Waals surface area contributed by atoms with Crippen molar-refractivity contribution < 1.29 is 9.59 Å². The minimum Gasteiger partial charge on any atom is -0.365 e. The highest BCUT2D eigenvalue weighted by molar-refractivity contribution is 7.15. The van der Waals surface area contributed by atoms with Crippen molar-refractivity contribution in [1.29, 1.82) is 0 Å². The lowest BCUT2D eigenvalue weighted by atomic mass is 10.0. The van der Waals surface area contributed by atoms with E-state index in [2.05, 4.69) is 11.8 Å². The number of amides is 2. The van der Waals surface area contributed by atoms with Crippen LogP contribution < -0.4 is 5.73 Å². The Balaban J connectivity index is 1.77. The molecule has 5 nitrogen and oxygen atoms in total. The maximum atomic E-state index is 12.8. The van der Waals surface area contributed by atoms with Gasteiger partial charge in [-0.3, -0.25) is 14.5 Å². The molecule has 2 N–H and O–H groups in total. The van der Waals surface area contributed by atoms with Gasteiger partial charge in [0.05, 0.1) is 9.75 Å². The molecule has 2 atom stereocenters. The monoisotopic (exact) mass is 321 g/mol. The molecular weight excluding hydrogens is 298 g/mol. The number of nitrogens with zero attached hydrogens (tertiary/aromatic N) is 2. The van der Waals surface area contributed by atoms with Crippen LogP contribution >= 0.6 is 11.3 Å². The van der Waals surface area contributed by atoms with E-state index in [1.807, 2.05) is 4.90 Å². The van der Waals surface area contributed by atoms with E-state index >= 15 is 0 Å². The molecule has 0 aliphatic carbocycles. The van der Waals surface area contributed by atoms with Gasteiger partial charge in [0.2, 0.25) is 0 Å². The molecule has 1 aromatic rings. The second kappa shape index (κ2) is 6.38. The number of hydrogen-bond acceptors (Lipinski definition) is 4. The lowest BCUT2D eigenvalue weighted by molar-refractivity contribution is 0.0654. The molecule has 2 saturated heterocycles. The summed E-state index contributed by atoms with van der Waals surface area (Å²) >= 11 is 1.21. The summed E-state index contributed by atoms with van der Waals surface area (Å²) in [6.45, 7) is 5.21. The zero-order chi connectivity index (χ0) is 15.7. The third-order valence-corrected chi connectivity index (χ3v) is 5.97. The van der Waals surface area contributed by atoms with Gasteiger partial charge in [0.15, 0.2) is 0 Å². The molecule has 0 spiro atoms. The first-order valence-electron chi connectivity index (χ1n) is 8.06. The number of nitrogens with two attached hydrogens (primary N) is 1. The molecule has 6 heteroatoms. The second-order valence-corrected chi connectivity index (χ2v) is 7.16. The van der Waals surface area contributed by atoms with Gasteiger partial charge in [-0.25, -0.2) is 0 Å². The van der Waals surface area contributed by atoms with Gasteiger partial charge in [-0.1, -0.05) is 6.92 Å². The highest BCUT2D eigenvalue weighted by Gasteiger charge is 2.39. The lowest BCUT2D eigenvalue weighted by Gasteiger charge is -2.34. The Morgan fingerprint density at radius 2 is 1.86 bits per heavy atom. The van der Waals surface area contributed by atoms with Crippen LogP contribution in [-0.2, 0) is 0 Å². The van der Waals surface area contributed by atoms with E-state index in [0.717, 1.165) is 32.5 Å². The van der Waals surface area contributed by atoms with Crippen LogP contribution in [0.15, 0.2) is 12.1 Å². The minimum atomic E-state index is -0.463. The number of hydrogen-bond donors (Lipinski definition) is 1. The maximum Gasteiger partial charge on any atom is 0.264 e. The number of rotatable bonds is 4. The van der Waals surface area contributed by atoms with Gasteiger partial charge in [-0.2, -0.15) is 0 Å². The molecule has 1 aromatic heterocycles. The number of primary amides is 1. The predicted molar refractivity (Wildman–Crippen MR) is 87.2 cm³/mol. The van der Waals surface area contributed by atoms with Crippen molar-refractivity contribution in [3.8, 4) is 0 Å². The molecule has 0 radical (unpaired) electrons. The predicted octanol–water partition coefficient (Wildman–Crippen LogP) is 1.94. The highest BCUT2D eigenvalue weighted by atomic mass is 32.1. The average molecular weight is 321 g/mol. The summed E-state index contributed by atoms with van der Waals surface area (Å²) in [5.74, 6) is -0.405. The normalized spacial score (nSPS) is 25.8. The number of thiophene rings is 1. The van der Waals surface area contributed by atoms with Crippen molar-refractivity contribution >= 4 is 23.2 Å². The summed E-state index contributed by atoms with van der Waals surface area (Å²) in [5, 5.41) is 0. The Kier molecular flexibility index (Phi) is 4.49. The number of likely N-dealkylation sites (tertiary alicyclic amines) is 2. The summed E-state index contributed by atoms with van der Waals surface area (Å²) < 4.78 is 0. The van der Waals surface area contributed by atoms with Crippen LogP contribution in [0.25, 0.3) is 0 Å². The van der Waals surface area contributed by atoms with E-state index in [9.17, 15) is 9.59 Å². The van der Waals surface area contributed by atoms with Crippen molar-refractivity contribution in [2.45, 2.75) is 44.7 Å². The summed E-state index contributed by atoms with van der Waals surface area (Å²) in [4.78, 5) is 29.6. The first-order chi connectivity index (χ1) is 10.6. The second-order valence-electron chi connectivity index (χ2n) is 6.07. The van der Waals surface area contributed by atoms with Crippen molar-refractivity contribution in [1.82, 2.24) is 9.80 Å². The van der Waals surface area contributed by atoms with Crippen LogP contribution in [0, 0.1) is 0 Å². The van der Waals surface area contributed by atoms with Crippen LogP contribution in [0.3, 0.4) is 0 Å². The van der Waals surface area contributed by atoms with E-state index in [1.54, 1.807) is 12.1 Å². The first-order valence-corrected chi connectivity index (χ1v) is 8.88. The van der Waals surface area contributed by atoms with E-state index in [4.69, 9.17) is 5.73 Å². The topological polar surface area (TPSA) is 66.6 Å². The van der Waals surface area contributed by atoms with Crippen molar-refractivity contribution in [3.63, 3.8) is 0 Å². The molecule has 3 rings (SSSR count). The van der Waals surface area contributed by atoms with Crippen LogP contribution in [0.5, 0.6) is 0 Å². The molecule has 0 aromatic carbocycles. The molecule has 2 amide bonds. The van der Waals surface area contributed by atoms with Crippen molar-refractivity contribution in [3.05, 3.63) is 21.9 Å². The van der Waals surface area contributed by atoms with Gasteiger partial charge in [0, 0.05) is 18.6 Å². The standard InChI is InChI=1S/C16H23N3O2S/c1-2-18-9-3-5-11(18)12-6-4-10-19(12)16(21)14-8-7-13(22-14)15(17)20/h7-8,11-12H,2-6,9-10H2,1H3,(H2,17,20). The summed E-state index contributed by atoms with van der Waals surface area (Å²) in [6, 6.07) is 4.19. The maximum absolute atomic E-state index is 12.8. The Bertz CT molecular complexity index is 571. The molecule has 2 fully saturated rings. The number of likely N-dealkylation sites (N-methyl/N-ethyl adjacent to an activating group) is 1. The third-order valence-electron chi connectivity index (χ3n) is 4.88. The number of carbonyl (C=O) groups is 2. The summed E-state index contributed by atoms with van der Waals surface area (Å²) in [5.41, 5.74) is 5.28. The highest BCUT2D eigenvalue weighted by Crippen LogP contribution is 2.31. The summed E-state index contributed by atoms with van der Waals surface area (Å²) in [6.07, 6.45) is 4.56. The van der Waals surface area contributed by atoms with Crippen LogP contribution in [0.1, 0.15) is 52.0 Å². The fraction of sp³-hybridized carbons (Fsp3) is 0.625. The van der Waals surface area contributed by atoms with Crippen molar-refractivity contribution in [2.75, 3.05) is 19.6 Å². The van der Waals surface area contributed by atoms with Gasteiger partial charge in [-0.05, 0) is 50.9 Å². The average Bonchev–Trinajstić information content (AvgIpc) is 3.23. The first kappa shape index (κ1) is 15.5. The van der Waals surface area contributed by atoms with Gasteiger partial charge >= 0.3 is 0 Å².